The summed E-state index contributed by atoms with van der Waals surface area (Å²) in [6.45, 7) is 3.37. The molecule has 0 amide bonds. The van der Waals surface area contributed by atoms with Crippen molar-refractivity contribution in [1.82, 2.24) is 9.78 Å². The van der Waals surface area contributed by atoms with Crippen molar-refractivity contribution < 1.29 is 18.3 Å². The molecule has 1 heterocycles. The first kappa shape index (κ1) is 12.0. The quantitative estimate of drug-likeness (QED) is 0.850. The maximum atomic E-state index is 12.2. The Morgan fingerprint density at radius 3 is 2.47 bits per heavy atom. The molecule has 0 aliphatic heterocycles. The summed E-state index contributed by atoms with van der Waals surface area (Å²) in [5.41, 5.74) is -1.97. The third-order valence-corrected chi connectivity index (χ3v) is 2.20. The predicted octanol–water partition coefficient (Wildman–Crippen LogP) is 2.06. The number of nitrogens with zero attached hydrogens (tertiary/aromatic N) is 2. The van der Waals surface area contributed by atoms with Crippen molar-refractivity contribution in [2.75, 3.05) is 0 Å². The number of aromatic nitrogens is 2. The molecule has 1 unspecified atom stereocenters. The molecule has 1 N–H and O–H groups in total. The summed E-state index contributed by atoms with van der Waals surface area (Å²) in [5.74, 6) is 0. The molecule has 1 rings (SSSR count). The van der Waals surface area contributed by atoms with Crippen molar-refractivity contribution in [3.63, 3.8) is 0 Å². The van der Waals surface area contributed by atoms with Crippen molar-refractivity contribution in [3.8, 4) is 0 Å². The second-order valence-corrected chi connectivity index (χ2v) is 3.75. The topological polar surface area (TPSA) is 38.0 Å². The van der Waals surface area contributed by atoms with Crippen LogP contribution in [-0.2, 0) is 12.7 Å². The van der Waals surface area contributed by atoms with Gasteiger partial charge in [-0.2, -0.15) is 18.3 Å². The molecule has 15 heavy (non-hydrogen) atoms. The van der Waals surface area contributed by atoms with Gasteiger partial charge in [0.15, 0.2) is 5.69 Å². The Balaban J connectivity index is 2.78. The number of hydrogen-bond acceptors (Lipinski definition) is 2. The molecule has 1 aromatic heterocycles. The van der Waals surface area contributed by atoms with Gasteiger partial charge in [0.1, 0.15) is 0 Å². The van der Waals surface area contributed by atoms with Gasteiger partial charge in [-0.1, -0.05) is 6.92 Å². The zero-order valence-corrected chi connectivity index (χ0v) is 8.54. The number of rotatable bonds is 3. The van der Waals surface area contributed by atoms with Gasteiger partial charge in [0, 0.05) is 6.20 Å². The normalized spacial score (nSPS) is 16.4. The molecule has 0 aromatic carbocycles. The summed E-state index contributed by atoms with van der Waals surface area (Å²) in [6.07, 6.45) is -2.76. The molecule has 0 radical (unpaired) electrons. The molecule has 0 aliphatic rings. The fourth-order valence-electron chi connectivity index (χ4n) is 1.06. The van der Waals surface area contributed by atoms with E-state index in [1.807, 2.05) is 0 Å². The Morgan fingerprint density at radius 1 is 1.47 bits per heavy atom. The zero-order chi connectivity index (χ0) is 11.7. The first-order valence-electron chi connectivity index (χ1n) is 4.57. The average molecular weight is 222 g/mol. The molecule has 0 spiro atoms. The summed E-state index contributed by atoms with van der Waals surface area (Å²) in [6, 6.07) is 0.895. The largest absolute Gasteiger partial charge is 0.435 e. The molecule has 0 saturated carbocycles. The van der Waals surface area contributed by atoms with Crippen LogP contribution in [0.5, 0.6) is 0 Å². The highest BCUT2D eigenvalue weighted by Crippen LogP contribution is 2.27. The number of halogens is 3. The van der Waals surface area contributed by atoms with E-state index in [0.717, 1.165) is 10.7 Å². The maximum Gasteiger partial charge on any atom is 0.435 e. The minimum atomic E-state index is -4.43. The lowest BCUT2D eigenvalue weighted by atomic mass is 10.0. The molecule has 0 saturated heterocycles. The summed E-state index contributed by atoms with van der Waals surface area (Å²) in [4.78, 5) is 0. The Bertz CT molecular complexity index is 330. The molecule has 0 bridgehead atoms. The van der Waals surface area contributed by atoms with Crippen molar-refractivity contribution in [2.45, 2.75) is 38.6 Å². The van der Waals surface area contributed by atoms with E-state index in [-0.39, 0.29) is 6.54 Å². The lowest BCUT2D eigenvalue weighted by molar-refractivity contribution is -0.141. The number of hydrogen-bond donors (Lipinski definition) is 1. The molecule has 1 atom stereocenters. The lowest BCUT2D eigenvalue weighted by Gasteiger charge is -2.20. The second kappa shape index (κ2) is 3.84. The van der Waals surface area contributed by atoms with Gasteiger partial charge in [-0.3, -0.25) is 4.68 Å². The molecule has 6 heteroatoms. The van der Waals surface area contributed by atoms with Gasteiger partial charge in [0.05, 0.1) is 12.1 Å². The van der Waals surface area contributed by atoms with E-state index in [1.54, 1.807) is 13.8 Å². The van der Waals surface area contributed by atoms with Crippen molar-refractivity contribution >= 4 is 0 Å². The summed E-state index contributed by atoms with van der Waals surface area (Å²) < 4.78 is 37.6. The van der Waals surface area contributed by atoms with Crippen LogP contribution >= 0.6 is 0 Å². The van der Waals surface area contributed by atoms with Crippen LogP contribution in [0.3, 0.4) is 0 Å². The van der Waals surface area contributed by atoms with Crippen molar-refractivity contribution in [2.24, 2.45) is 0 Å². The molecular formula is C9H13F3N2O. The molecular weight excluding hydrogens is 209 g/mol. The predicted molar refractivity (Wildman–Crippen MR) is 48.1 cm³/mol. The van der Waals surface area contributed by atoms with Crippen LogP contribution in [0.4, 0.5) is 13.2 Å². The molecule has 1 aromatic rings. The first-order valence-corrected chi connectivity index (χ1v) is 4.57. The molecule has 86 valence electrons. The van der Waals surface area contributed by atoms with E-state index >= 15 is 0 Å². The summed E-state index contributed by atoms with van der Waals surface area (Å²) >= 11 is 0. The molecule has 3 nitrogen and oxygen atoms in total. The number of aliphatic hydroxyl groups is 1. The first-order chi connectivity index (χ1) is 6.74. The van der Waals surface area contributed by atoms with E-state index in [1.165, 1.54) is 6.20 Å². The highest BCUT2D eigenvalue weighted by Gasteiger charge is 2.34. The smallest absolute Gasteiger partial charge is 0.388 e. The monoisotopic (exact) mass is 222 g/mol. The SMILES string of the molecule is CCC(C)(O)Cn1ccc(C(F)(F)F)n1. The Labute approximate surface area is 85.5 Å². The average Bonchev–Trinajstić information content (AvgIpc) is 2.51. The van der Waals surface area contributed by atoms with Gasteiger partial charge in [0.25, 0.3) is 0 Å². The van der Waals surface area contributed by atoms with Crippen LogP contribution in [0.2, 0.25) is 0 Å². The lowest BCUT2D eigenvalue weighted by Crippen LogP contribution is -2.29. The zero-order valence-electron chi connectivity index (χ0n) is 8.54. The summed E-state index contributed by atoms with van der Waals surface area (Å²) in [7, 11) is 0. The van der Waals surface area contributed by atoms with Gasteiger partial charge in [-0.05, 0) is 19.4 Å². The van der Waals surface area contributed by atoms with E-state index in [9.17, 15) is 18.3 Å². The van der Waals surface area contributed by atoms with Crippen LogP contribution in [0, 0.1) is 0 Å². The minimum absolute atomic E-state index is 0.0551. The van der Waals surface area contributed by atoms with Gasteiger partial charge in [0.2, 0.25) is 0 Å². The van der Waals surface area contributed by atoms with E-state index in [2.05, 4.69) is 5.10 Å². The fourth-order valence-corrected chi connectivity index (χ4v) is 1.06. The van der Waals surface area contributed by atoms with Crippen LogP contribution in [0.15, 0.2) is 12.3 Å². The van der Waals surface area contributed by atoms with E-state index in [4.69, 9.17) is 0 Å². The third kappa shape index (κ3) is 3.23. The minimum Gasteiger partial charge on any atom is -0.388 e. The van der Waals surface area contributed by atoms with Gasteiger partial charge >= 0.3 is 6.18 Å². The van der Waals surface area contributed by atoms with Crippen molar-refractivity contribution in [1.29, 1.82) is 0 Å². The number of alkyl halides is 3. The highest BCUT2D eigenvalue weighted by atomic mass is 19.4. The maximum absolute atomic E-state index is 12.2. The molecule has 0 fully saturated rings. The standard InChI is InChI=1S/C9H13F3N2O/c1-3-8(2,15)6-14-5-4-7(13-14)9(10,11)12/h4-5,15H,3,6H2,1-2H3. The molecule has 0 aliphatic carbocycles. The van der Waals surface area contributed by atoms with E-state index < -0.39 is 17.5 Å². The second-order valence-electron chi connectivity index (χ2n) is 3.75. The van der Waals surface area contributed by atoms with Crippen LogP contribution < -0.4 is 0 Å². The highest BCUT2D eigenvalue weighted by molar-refractivity contribution is 5.03. The van der Waals surface area contributed by atoms with Crippen LogP contribution in [0.1, 0.15) is 26.0 Å². The van der Waals surface area contributed by atoms with Gasteiger partial charge in [-0.15, -0.1) is 0 Å². The van der Waals surface area contributed by atoms with Gasteiger partial charge in [-0.25, -0.2) is 0 Å². The Morgan fingerprint density at radius 2 is 2.07 bits per heavy atom. The Hall–Kier alpha value is -1.04. The summed E-state index contributed by atoms with van der Waals surface area (Å²) in [5, 5.41) is 13.0. The van der Waals surface area contributed by atoms with E-state index in [0.29, 0.717) is 6.42 Å². The van der Waals surface area contributed by atoms with Crippen molar-refractivity contribution in [3.05, 3.63) is 18.0 Å². The fraction of sp³-hybridized carbons (Fsp3) is 0.667. The Kier molecular flexibility index (Phi) is 3.08. The third-order valence-electron chi connectivity index (χ3n) is 2.20. The van der Waals surface area contributed by atoms with Crippen LogP contribution in [0.25, 0.3) is 0 Å². The van der Waals surface area contributed by atoms with Gasteiger partial charge < -0.3 is 5.11 Å². The van der Waals surface area contributed by atoms with Crippen LogP contribution in [-0.4, -0.2) is 20.5 Å².